The first-order valence-electron chi connectivity index (χ1n) is 8.55. The normalized spacial score (nSPS) is 13.0. The topological polar surface area (TPSA) is 31.2 Å². The van der Waals surface area contributed by atoms with Gasteiger partial charge in [0.05, 0.1) is 12.3 Å². The number of carbonyl (C=O) groups is 1. The molecule has 26 heavy (non-hydrogen) atoms. The van der Waals surface area contributed by atoms with Gasteiger partial charge < -0.3 is 9.30 Å². The van der Waals surface area contributed by atoms with Gasteiger partial charge in [0.15, 0.2) is 6.29 Å². The summed E-state index contributed by atoms with van der Waals surface area (Å²) >= 11 is 6.27. The van der Waals surface area contributed by atoms with Gasteiger partial charge in [-0.3, -0.25) is 4.79 Å². The van der Waals surface area contributed by atoms with Crippen molar-refractivity contribution in [1.29, 1.82) is 0 Å². The Hall–Kier alpha value is -2.78. The van der Waals surface area contributed by atoms with E-state index in [1.165, 1.54) is 5.56 Å². The number of rotatable bonds is 4. The monoisotopic (exact) mass is 363 g/mol. The van der Waals surface area contributed by atoms with Crippen LogP contribution in [0.1, 0.15) is 33.5 Å². The van der Waals surface area contributed by atoms with Gasteiger partial charge in [0.1, 0.15) is 5.75 Å². The second kappa shape index (κ2) is 6.85. The van der Waals surface area contributed by atoms with Crippen molar-refractivity contribution in [2.75, 3.05) is 6.61 Å². The molecule has 0 spiro atoms. The molecule has 2 heterocycles. The Labute approximate surface area is 157 Å². The number of aromatic nitrogens is 1. The quantitative estimate of drug-likeness (QED) is 0.586. The molecule has 0 aliphatic carbocycles. The Kier molecular flexibility index (Phi) is 4.39. The van der Waals surface area contributed by atoms with Crippen LogP contribution in [0.2, 0.25) is 5.02 Å². The van der Waals surface area contributed by atoms with Crippen molar-refractivity contribution >= 4 is 23.5 Å². The summed E-state index contributed by atoms with van der Waals surface area (Å²) in [6, 6.07) is 13.6. The molecule has 3 aromatic rings. The highest BCUT2D eigenvalue weighted by atomic mass is 35.5. The molecule has 1 aliphatic rings. The third kappa shape index (κ3) is 2.95. The van der Waals surface area contributed by atoms with Crippen LogP contribution in [0.4, 0.5) is 0 Å². The fraction of sp³-hybridized carbons (Fsp3) is 0.136. The lowest BCUT2D eigenvalue weighted by Gasteiger charge is -2.22. The molecule has 3 nitrogen and oxygen atoms in total. The lowest BCUT2D eigenvalue weighted by atomic mass is 9.93. The third-order valence-corrected chi connectivity index (χ3v) is 4.91. The molecule has 0 atom stereocenters. The number of ether oxygens (including phenoxy) is 1. The summed E-state index contributed by atoms with van der Waals surface area (Å²) in [6.07, 6.45) is 6.54. The minimum absolute atomic E-state index is 0.622. The Morgan fingerprint density at radius 3 is 2.88 bits per heavy atom. The lowest BCUT2D eigenvalue weighted by Crippen LogP contribution is -2.10. The van der Waals surface area contributed by atoms with Crippen LogP contribution in [-0.4, -0.2) is 17.5 Å². The number of nitrogens with zero attached hydrogens (tertiary/aromatic N) is 1. The number of carbonyl (C=O) groups excluding carboxylic acids is 1. The SMILES string of the molecule is C=C(c1cc(Cl)ccc1-n1ccc(C=O)c1)c1cccc2c1OCCC2. The summed E-state index contributed by atoms with van der Waals surface area (Å²) < 4.78 is 7.86. The maximum Gasteiger partial charge on any atom is 0.151 e. The van der Waals surface area contributed by atoms with Crippen LogP contribution in [0.5, 0.6) is 5.75 Å². The molecule has 0 unspecified atom stereocenters. The van der Waals surface area contributed by atoms with Gasteiger partial charge in [-0.05, 0) is 48.2 Å². The van der Waals surface area contributed by atoms with Gasteiger partial charge in [0, 0.05) is 34.1 Å². The van der Waals surface area contributed by atoms with Crippen molar-refractivity contribution in [1.82, 2.24) is 4.57 Å². The van der Waals surface area contributed by atoms with Gasteiger partial charge >= 0.3 is 0 Å². The molecule has 0 saturated heterocycles. The summed E-state index contributed by atoms with van der Waals surface area (Å²) in [6.45, 7) is 5.06. The fourth-order valence-electron chi connectivity index (χ4n) is 3.38. The van der Waals surface area contributed by atoms with E-state index < -0.39 is 0 Å². The third-order valence-electron chi connectivity index (χ3n) is 4.67. The molecule has 130 valence electrons. The number of para-hydroxylation sites is 1. The summed E-state index contributed by atoms with van der Waals surface area (Å²) in [5.41, 5.74) is 5.49. The van der Waals surface area contributed by atoms with Gasteiger partial charge in [-0.15, -0.1) is 0 Å². The molecule has 0 amide bonds. The number of hydrogen-bond donors (Lipinski definition) is 0. The molecule has 0 bridgehead atoms. The predicted octanol–water partition coefficient (Wildman–Crippen LogP) is 5.33. The highest BCUT2D eigenvalue weighted by molar-refractivity contribution is 6.30. The van der Waals surface area contributed by atoms with Gasteiger partial charge in [0.2, 0.25) is 0 Å². The predicted molar refractivity (Wildman–Crippen MR) is 105 cm³/mol. The molecule has 1 aliphatic heterocycles. The van der Waals surface area contributed by atoms with E-state index in [0.29, 0.717) is 10.6 Å². The number of aryl methyl sites for hydroxylation is 1. The molecule has 0 saturated carbocycles. The van der Waals surface area contributed by atoms with Crippen LogP contribution in [-0.2, 0) is 6.42 Å². The Morgan fingerprint density at radius 1 is 1.19 bits per heavy atom. The van der Waals surface area contributed by atoms with Crippen LogP contribution >= 0.6 is 11.6 Å². The van der Waals surface area contributed by atoms with E-state index in [1.807, 2.05) is 41.1 Å². The lowest BCUT2D eigenvalue weighted by molar-refractivity contribution is 0.112. The molecule has 1 aromatic heterocycles. The zero-order chi connectivity index (χ0) is 18.1. The molecular formula is C22H18ClNO2. The van der Waals surface area contributed by atoms with E-state index in [1.54, 1.807) is 12.3 Å². The van der Waals surface area contributed by atoms with Crippen LogP contribution < -0.4 is 4.74 Å². The van der Waals surface area contributed by atoms with E-state index in [4.69, 9.17) is 16.3 Å². The minimum Gasteiger partial charge on any atom is -0.493 e. The summed E-state index contributed by atoms with van der Waals surface area (Å²) in [7, 11) is 0. The van der Waals surface area contributed by atoms with Gasteiger partial charge in [0.25, 0.3) is 0 Å². The fourth-order valence-corrected chi connectivity index (χ4v) is 3.55. The summed E-state index contributed by atoms with van der Waals surface area (Å²) in [5.74, 6) is 0.913. The molecular weight excluding hydrogens is 346 g/mol. The first-order chi connectivity index (χ1) is 12.7. The van der Waals surface area contributed by atoms with Crippen LogP contribution in [0.3, 0.4) is 0 Å². The van der Waals surface area contributed by atoms with Gasteiger partial charge in [-0.1, -0.05) is 36.4 Å². The number of fused-ring (bicyclic) bond motifs is 1. The Bertz CT molecular complexity index is 1000. The molecule has 0 fully saturated rings. The Balaban J connectivity index is 1.84. The van der Waals surface area contributed by atoms with Crippen molar-refractivity contribution in [3.8, 4) is 11.4 Å². The maximum atomic E-state index is 11.0. The number of benzene rings is 2. The van der Waals surface area contributed by atoms with Crippen molar-refractivity contribution in [2.45, 2.75) is 12.8 Å². The molecule has 4 heteroatoms. The number of halogens is 1. The zero-order valence-electron chi connectivity index (χ0n) is 14.2. The second-order valence-electron chi connectivity index (χ2n) is 6.36. The first-order valence-corrected chi connectivity index (χ1v) is 8.92. The molecule has 0 N–H and O–H groups in total. The van der Waals surface area contributed by atoms with E-state index in [2.05, 4.69) is 12.6 Å². The zero-order valence-corrected chi connectivity index (χ0v) is 15.0. The summed E-state index contributed by atoms with van der Waals surface area (Å²) in [4.78, 5) is 11.0. The standard InChI is InChI=1S/C22H18ClNO2/c1-15(19-6-2-4-17-5-3-11-26-22(17)19)20-12-18(23)7-8-21(20)24-10-9-16(13-24)14-25/h2,4,6-10,12-14H,1,3,5,11H2. The maximum absolute atomic E-state index is 11.0. The Morgan fingerprint density at radius 2 is 2.08 bits per heavy atom. The van der Waals surface area contributed by atoms with Gasteiger partial charge in [-0.2, -0.15) is 0 Å². The van der Waals surface area contributed by atoms with Crippen molar-refractivity contribution in [2.24, 2.45) is 0 Å². The smallest absolute Gasteiger partial charge is 0.151 e. The molecule has 0 radical (unpaired) electrons. The number of aldehydes is 1. The van der Waals surface area contributed by atoms with E-state index in [0.717, 1.165) is 53.9 Å². The highest BCUT2D eigenvalue weighted by Gasteiger charge is 2.19. The van der Waals surface area contributed by atoms with Crippen molar-refractivity contribution < 1.29 is 9.53 Å². The van der Waals surface area contributed by atoms with Crippen LogP contribution in [0, 0.1) is 0 Å². The molecule has 2 aromatic carbocycles. The second-order valence-corrected chi connectivity index (χ2v) is 6.79. The largest absolute Gasteiger partial charge is 0.493 e. The first kappa shape index (κ1) is 16.7. The van der Waals surface area contributed by atoms with Crippen LogP contribution in [0.15, 0.2) is 61.4 Å². The van der Waals surface area contributed by atoms with Crippen molar-refractivity contribution in [3.05, 3.63) is 88.7 Å². The van der Waals surface area contributed by atoms with E-state index in [-0.39, 0.29) is 0 Å². The minimum atomic E-state index is 0.622. The van der Waals surface area contributed by atoms with E-state index >= 15 is 0 Å². The highest BCUT2D eigenvalue weighted by Crippen LogP contribution is 2.38. The average Bonchev–Trinajstić information content (AvgIpc) is 3.16. The van der Waals surface area contributed by atoms with E-state index in [9.17, 15) is 4.79 Å². The molecule has 4 rings (SSSR count). The summed E-state index contributed by atoms with van der Waals surface area (Å²) in [5, 5.41) is 0.637. The van der Waals surface area contributed by atoms with Crippen molar-refractivity contribution in [3.63, 3.8) is 0 Å². The van der Waals surface area contributed by atoms with Gasteiger partial charge in [-0.25, -0.2) is 0 Å². The average molecular weight is 364 g/mol. The van der Waals surface area contributed by atoms with Crippen LogP contribution in [0.25, 0.3) is 11.3 Å². The number of hydrogen-bond acceptors (Lipinski definition) is 2.